The number of anilines is 1. The van der Waals surface area contributed by atoms with Gasteiger partial charge in [0.2, 0.25) is 5.95 Å². The Morgan fingerprint density at radius 1 is 1.02 bits per heavy atom. The van der Waals surface area contributed by atoms with Gasteiger partial charge in [-0.15, -0.1) is 0 Å². The van der Waals surface area contributed by atoms with Gasteiger partial charge in [0.1, 0.15) is 24.6 Å². The molecule has 0 aromatic carbocycles. The maximum atomic E-state index is 12.5. The van der Waals surface area contributed by atoms with E-state index in [1.807, 2.05) is 0 Å². The fourth-order valence-electron chi connectivity index (χ4n) is 4.91. The molecule has 1 spiro atoms. The van der Waals surface area contributed by atoms with E-state index < -0.39 is 98.6 Å². The Balaban J connectivity index is 1.60. The minimum absolute atomic E-state index is 0.210. The normalized spacial score (nSPS) is 28.9. The molecule has 4 heterocycles. The summed E-state index contributed by atoms with van der Waals surface area (Å²) in [6.45, 7) is -1.30. The van der Waals surface area contributed by atoms with Crippen molar-refractivity contribution in [1.82, 2.24) is 19.5 Å². The van der Waals surface area contributed by atoms with Gasteiger partial charge in [-0.25, -0.2) is 28.6 Å². The first-order valence-corrected chi connectivity index (χ1v) is 16.9. The molecule has 0 radical (unpaired) electrons. The van der Waals surface area contributed by atoms with Gasteiger partial charge in [-0.2, -0.15) is 8.62 Å². The third-order valence-electron chi connectivity index (χ3n) is 6.55. The van der Waals surface area contributed by atoms with Crippen LogP contribution >= 0.6 is 23.5 Å². The van der Waals surface area contributed by atoms with E-state index in [0.717, 1.165) is 10.9 Å². The van der Waals surface area contributed by atoms with Gasteiger partial charge in [0.25, 0.3) is 6.04 Å². The summed E-state index contributed by atoms with van der Waals surface area (Å²) in [4.78, 5) is 83.4. The molecule has 33 heteroatoms. The fourth-order valence-corrected chi connectivity index (χ4v) is 7.94. The van der Waals surface area contributed by atoms with E-state index in [9.17, 15) is 53.8 Å². The van der Waals surface area contributed by atoms with Crippen LogP contribution in [-0.4, -0.2) is 90.6 Å². The summed E-state index contributed by atoms with van der Waals surface area (Å²) >= 11 is 0. The monoisotopic (exact) mass is 759 g/mol. The summed E-state index contributed by atoms with van der Waals surface area (Å²) in [6.07, 6.45) is -5.71. The second-order valence-electron chi connectivity index (χ2n) is 9.53. The van der Waals surface area contributed by atoms with Crippen molar-refractivity contribution in [3.63, 3.8) is 0 Å². The van der Waals surface area contributed by atoms with Crippen molar-refractivity contribution in [1.29, 1.82) is 0 Å². The highest BCUT2D eigenvalue weighted by Crippen LogP contribution is 2.66. The molecule has 0 amide bonds. The Morgan fingerprint density at radius 3 is 2.18 bits per heavy atom. The van der Waals surface area contributed by atoms with Gasteiger partial charge in [0.15, 0.2) is 23.2 Å². The highest BCUT2D eigenvalue weighted by Gasteiger charge is 2.71. The zero-order chi connectivity index (χ0) is 36.3. The molecule has 2 saturated heterocycles. The summed E-state index contributed by atoms with van der Waals surface area (Å²) in [7, 11) is -17.6. The standard InChI is InChI=1S/C16H16N11O19P3/c17-12-9-13(20-4-19-12)24(15(21-9)22-23-18)14-11-10(6(42-14)3-41-48(37,38)46-49(39,40)45-47(34,35)36)43-16(44-11)7(26(30)31)1-5(25(28)29)2-8(16)27(32)33/h1-2,4-6,10-11,14H,3H2,(H,37,38)(H,39,40)(H2,17,19,20)(H2,34,35,36)/t5?,6-,10-,11-,14-,16?/m1/s1. The Hall–Kier alpha value is -4.37. The fraction of sp³-hybridized carbons (Fsp3) is 0.438. The van der Waals surface area contributed by atoms with Crippen LogP contribution in [0.25, 0.3) is 21.6 Å². The van der Waals surface area contributed by atoms with Gasteiger partial charge >= 0.3 is 40.6 Å². The third-order valence-corrected chi connectivity index (χ3v) is 10.4. The lowest BCUT2D eigenvalue weighted by Gasteiger charge is -2.28. The number of nitro groups is 3. The number of nitrogen functional groups attached to an aromatic ring is 1. The summed E-state index contributed by atoms with van der Waals surface area (Å²) in [6, 6.07) is -2.11. The van der Waals surface area contributed by atoms with Crippen LogP contribution < -0.4 is 5.73 Å². The predicted octanol–water partition coefficient (Wildman–Crippen LogP) is 0.0514. The number of hydrogen-bond donors (Lipinski definition) is 5. The number of hydrogen-bond acceptors (Lipinski definition) is 20. The molecule has 5 rings (SSSR count). The van der Waals surface area contributed by atoms with Crippen LogP contribution in [0.1, 0.15) is 6.23 Å². The molecular weight excluding hydrogens is 743 g/mol. The zero-order valence-electron chi connectivity index (χ0n) is 23.1. The van der Waals surface area contributed by atoms with Crippen molar-refractivity contribution in [2.24, 2.45) is 5.11 Å². The molecule has 264 valence electrons. The Morgan fingerprint density at radius 2 is 1.63 bits per heavy atom. The summed E-state index contributed by atoms with van der Waals surface area (Å²) in [5.74, 6) is -4.00. The topological polar surface area (TPSA) is 435 Å². The molecule has 2 unspecified atom stereocenters. The first-order valence-electron chi connectivity index (χ1n) is 12.4. The molecule has 2 fully saturated rings. The number of fused-ring (bicyclic) bond motifs is 2. The number of ether oxygens (including phenoxy) is 3. The van der Waals surface area contributed by atoms with Gasteiger partial charge in [0.05, 0.1) is 28.6 Å². The van der Waals surface area contributed by atoms with Crippen LogP contribution in [0.2, 0.25) is 0 Å². The minimum atomic E-state index is -6.00. The summed E-state index contributed by atoms with van der Waals surface area (Å²) < 4.78 is 65.2. The number of nitrogens with two attached hydrogens (primary N) is 1. The van der Waals surface area contributed by atoms with Crippen LogP contribution in [0.3, 0.4) is 0 Å². The number of aromatic nitrogens is 4. The molecule has 6 atom stereocenters. The van der Waals surface area contributed by atoms with Crippen molar-refractivity contribution in [3.8, 4) is 0 Å². The number of phosphoric acid groups is 3. The quantitative estimate of drug-likeness (QED) is 0.0476. The smallest absolute Gasteiger partial charge is 0.382 e. The molecule has 2 aromatic rings. The van der Waals surface area contributed by atoms with Crippen LogP contribution in [0, 0.1) is 30.3 Å². The van der Waals surface area contributed by atoms with Gasteiger partial charge in [-0.3, -0.25) is 39.4 Å². The number of imidazole rings is 1. The molecule has 3 aliphatic rings. The molecule has 2 aromatic heterocycles. The summed E-state index contributed by atoms with van der Waals surface area (Å²) in [5, 5.41) is 39.2. The van der Waals surface area contributed by atoms with E-state index in [-0.39, 0.29) is 17.0 Å². The van der Waals surface area contributed by atoms with Crippen molar-refractivity contribution in [2.75, 3.05) is 12.3 Å². The van der Waals surface area contributed by atoms with Gasteiger partial charge in [-0.1, -0.05) is 0 Å². The highest BCUT2D eigenvalue weighted by molar-refractivity contribution is 7.66. The number of nitrogens with zero attached hydrogens (tertiary/aromatic N) is 10. The third kappa shape index (κ3) is 6.91. The minimum Gasteiger partial charge on any atom is -0.382 e. The van der Waals surface area contributed by atoms with E-state index >= 15 is 0 Å². The second kappa shape index (κ2) is 12.5. The van der Waals surface area contributed by atoms with E-state index in [0.29, 0.717) is 12.2 Å². The summed E-state index contributed by atoms with van der Waals surface area (Å²) in [5.41, 5.74) is 11.8. The Bertz CT molecular complexity index is 1990. The lowest BCUT2D eigenvalue weighted by atomic mass is 9.99. The second-order valence-corrected chi connectivity index (χ2v) is 13.9. The van der Waals surface area contributed by atoms with Crippen molar-refractivity contribution in [2.45, 2.75) is 36.4 Å². The van der Waals surface area contributed by atoms with Crippen LogP contribution in [0.15, 0.2) is 35.0 Å². The zero-order valence-corrected chi connectivity index (χ0v) is 25.8. The SMILES string of the molecule is [N-]=[N+]=Nc1nc2c(N)ncnc2n1[C@@H]1O[C@H](COP(=O)(O)OP(=O)(O)OP(=O)(O)O)[C@H]2OC3(O[C@H]21)C([N+](=O)[O-])=CC([N+](=O)[O-])C=C3[N+](=O)[O-]. The van der Waals surface area contributed by atoms with Gasteiger partial charge < -0.3 is 39.5 Å². The molecule has 30 nitrogen and oxygen atoms in total. The first kappa shape index (κ1) is 35.9. The molecule has 1 aliphatic carbocycles. The average Bonchev–Trinajstić information content (AvgIpc) is 3.60. The van der Waals surface area contributed by atoms with E-state index in [1.54, 1.807) is 0 Å². The Kier molecular flexibility index (Phi) is 9.17. The van der Waals surface area contributed by atoms with Crippen LogP contribution in [0.5, 0.6) is 0 Å². The first-order chi connectivity index (χ1) is 22.7. The number of rotatable bonds is 12. The van der Waals surface area contributed by atoms with E-state index in [4.69, 9.17) is 35.3 Å². The van der Waals surface area contributed by atoms with E-state index in [1.165, 1.54) is 0 Å². The van der Waals surface area contributed by atoms with Crippen molar-refractivity contribution < 1.29 is 75.4 Å². The molecule has 2 aliphatic heterocycles. The van der Waals surface area contributed by atoms with Crippen LogP contribution in [0.4, 0.5) is 11.8 Å². The number of phosphoric ester groups is 1. The van der Waals surface area contributed by atoms with Gasteiger partial charge in [0, 0.05) is 9.84 Å². The average molecular weight is 759 g/mol. The maximum Gasteiger partial charge on any atom is 0.490 e. The Labute approximate surface area is 266 Å². The van der Waals surface area contributed by atoms with Crippen molar-refractivity contribution >= 4 is 46.4 Å². The molecule has 6 N–H and O–H groups in total. The molecule has 0 bridgehead atoms. The largest absolute Gasteiger partial charge is 0.490 e. The highest BCUT2D eigenvalue weighted by atomic mass is 31.3. The lowest BCUT2D eigenvalue weighted by molar-refractivity contribution is -0.522. The van der Waals surface area contributed by atoms with E-state index in [2.05, 4.69) is 38.1 Å². The molecule has 49 heavy (non-hydrogen) atoms. The number of azide groups is 1. The predicted molar refractivity (Wildman–Crippen MR) is 146 cm³/mol. The molecule has 0 saturated carbocycles. The maximum absolute atomic E-state index is 12.5. The molecular formula is C16H16N11O19P3. The van der Waals surface area contributed by atoms with Gasteiger partial charge in [-0.05, 0) is 10.6 Å². The van der Waals surface area contributed by atoms with Crippen molar-refractivity contribution in [3.05, 3.63) is 70.7 Å². The van der Waals surface area contributed by atoms with Crippen LogP contribution in [-0.2, 0) is 41.1 Å². The lowest BCUT2D eigenvalue weighted by Crippen LogP contribution is -2.47.